The van der Waals surface area contributed by atoms with Gasteiger partial charge in [-0.15, -0.1) is 0 Å². The van der Waals surface area contributed by atoms with Crippen LogP contribution in [0.3, 0.4) is 0 Å². The first-order valence-corrected chi connectivity index (χ1v) is 7.33. The molecule has 1 amide bonds. The van der Waals surface area contributed by atoms with Gasteiger partial charge in [-0.05, 0) is 42.0 Å². The molecular weight excluding hydrogens is 318 g/mol. The van der Waals surface area contributed by atoms with Gasteiger partial charge in [-0.2, -0.15) is 10.5 Å². The maximum absolute atomic E-state index is 12.0. The minimum absolute atomic E-state index is 0.0737. The number of carbonyl (C=O) groups is 1. The van der Waals surface area contributed by atoms with E-state index in [0.29, 0.717) is 22.7 Å². The molecule has 0 unspecified atom stereocenters. The number of nitrogens with zero attached hydrogens (tertiary/aromatic N) is 2. The molecule has 0 fully saturated rings. The number of hydrogen-bond acceptors (Lipinski definition) is 5. The Morgan fingerprint density at radius 3 is 2.76 bits per heavy atom. The summed E-state index contributed by atoms with van der Waals surface area (Å²) in [6.07, 6.45) is 3.00. The van der Waals surface area contributed by atoms with E-state index in [9.17, 15) is 4.79 Å². The summed E-state index contributed by atoms with van der Waals surface area (Å²) in [6, 6.07) is 15.7. The van der Waals surface area contributed by atoms with Crippen molar-refractivity contribution in [1.29, 1.82) is 10.5 Å². The van der Waals surface area contributed by atoms with Gasteiger partial charge in [0.2, 0.25) is 5.91 Å². The van der Waals surface area contributed by atoms with E-state index in [-0.39, 0.29) is 12.5 Å². The minimum atomic E-state index is -0.320. The number of benzene rings is 2. The molecule has 0 saturated heterocycles. The molecule has 0 aliphatic heterocycles. The molecule has 124 valence electrons. The fraction of sp³-hybridized carbons (Fsp3) is 0.105. The highest BCUT2D eigenvalue weighted by Gasteiger charge is 2.05. The number of anilines is 1. The van der Waals surface area contributed by atoms with E-state index in [1.54, 1.807) is 48.5 Å². The molecule has 2 rings (SSSR count). The van der Waals surface area contributed by atoms with Crippen molar-refractivity contribution >= 4 is 17.7 Å². The van der Waals surface area contributed by atoms with Crippen LogP contribution in [0, 0.1) is 22.7 Å². The number of carbonyl (C=O) groups excluding carboxylic acids is 1. The zero-order chi connectivity index (χ0) is 18.1. The van der Waals surface area contributed by atoms with Gasteiger partial charge < -0.3 is 14.8 Å². The fourth-order valence-electron chi connectivity index (χ4n) is 2.04. The second kappa shape index (κ2) is 8.76. The van der Waals surface area contributed by atoms with Crippen LogP contribution >= 0.6 is 0 Å². The van der Waals surface area contributed by atoms with Gasteiger partial charge in [0, 0.05) is 11.8 Å². The molecule has 2 aromatic rings. The Hall–Kier alpha value is -3.77. The van der Waals surface area contributed by atoms with Crippen LogP contribution in [-0.2, 0) is 4.79 Å². The highest BCUT2D eigenvalue weighted by molar-refractivity contribution is 6.02. The molecule has 0 saturated carbocycles. The van der Waals surface area contributed by atoms with Crippen LogP contribution in [0.2, 0.25) is 0 Å². The average Bonchev–Trinajstić information content (AvgIpc) is 2.65. The van der Waals surface area contributed by atoms with E-state index in [1.807, 2.05) is 12.1 Å². The summed E-state index contributed by atoms with van der Waals surface area (Å²) in [5, 5.41) is 20.1. The smallest absolute Gasteiger partial charge is 0.248 e. The van der Waals surface area contributed by atoms with Gasteiger partial charge in [0.05, 0.1) is 18.7 Å². The van der Waals surface area contributed by atoms with Gasteiger partial charge in [0.15, 0.2) is 18.1 Å². The summed E-state index contributed by atoms with van der Waals surface area (Å²) in [7, 11) is 1.50. The number of rotatable bonds is 6. The molecule has 6 nitrogen and oxygen atoms in total. The lowest BCUT2D eigenvalue weighted by Gasteiger charge is -2.08. The molecule has 2 aromatic carbocycles. The predicted octanol–water partition coefficient (Wildman–Crippen LogP) is 3.12. The second-order valence-electron chi connectivity index (χ2n) is 4.87. The molecule has 0 radical (unpaired) electrons. The summed E-state index contributed by atoms with van der Waals surface area (Å²) in [4.78, 5) is 12.0. The monoisotopic (exact) mass is 333 g/mol. The van der Waals surface area contributed by atoms with Crippen LogP contribution < -0.4 is 14.8 Å². The van der Waals surface area contributed by atoms with Crippen LogP contribution in [0.15, 0.2) is 48.5 Å². The largest absolute Gasteiger partial charge is 0.493 e. The predicted molar refractivity (Wildman–Crippen MR) is 92.9 cm³/mol. The Morgan fingerprint density at radius 2 is 2.04 bits per heavy atom. The molecule has 25 heavy (non-hydrogen) atoms. The van der Waals surface area contributed by atoms with E-state index in [2.05, 4.69) is 5.32 Å². The molecule has 6 heteroatoms. The molecule has 0 aliphatic carbocycles. The van der Waals surface area contributed by atoms with E-state index in [1.165, 1.54) is 13.2 Å². The van der Waals surface area contributed by atoms with Gasteiger partial charge in [-0.1, -0.05) is 12.1 Å². The minimum Gasteiger partial charge on any atom is -0.493 e. The molecule has 0 bridgehead atoms. The van der Waals surface area contributed by atoms with Crippen molar-refractivity contribution in [3.8, 4) is 23.6 Å². The van der Waals surface area contributed by atoms with Crippen LogP contribution in [0.5, 0.6) is 11.5 Å². The Bertz CT molecular complexity index is 876. The first-order chi connectivity index (χ1) is 12.2. The number of amides is 1. The Kier molecular flexibility index (Phi) is 6.16. The van der Waals surface area contributed by atoms with Crippen molar-refractivity contribution in [3.05, 3.63) is 59.7 Å². The number of methoxy groups -OCH3 is 1. The average molecular weight is 333 g/mol. The number of ether oxygens (including phenoxy) is 2. The highest BCUT2D eigenvalue weighted by atomic mass is 16.5. The van der Waals surface area contributed by atoms with E-state index in [0.717, 1.165) is 5.56 Å². The van der Waals surface area contributed by atoms with Gasteiger partial charge >= 0.3 is 0 Å². The summed E-state index contributed by atoms with van der Waals surface area (Å²) in [6.45, 7) is -0.0737. The zero-order valence-corrected chi connectivity index (χ0v) is 13.5. The maximum Gasteiger partial charge on any atom is 0.248 e. The normalized spacial score (nSPS) is 9.88. The molecule has 0 aromatic heterocycles. The lowest BCUT2D eigenvalue weighted by atomic mass is 10.2. The van der Waals surface area contributed by atoms with Crippen LogP contribution in [-0.4, -0.2) is 19.6 Å². The van der Waals surface area contributed by atoms with Crippen LogP contribution in [0.4, 0.5) is 5.69 Å². The SMILES string of the molecule is COc1cc(C=CC(=O)Nc2cccc(C#N)c2)ccc1OCC#N. The van der Waals surface area contributed by atoms with Gasteiger partial charge in [0.1, 0.15) is 6.07 Å². The lowest BCUT2D eigenvalue weighted by molar-refractivity contribution is -0.111. The van der Waals surface area contributed by atoms with E-state index in [4.69, 9.17) is 20.0 Å². The second-order valence-corrected chi connectivity index (χ2v) is 4.87. The lowest BCUT2D eigenvalue weighted by Crippen LogP contribution is -2.07. The Morgan fingerprint density at radius 1 is 1.20 bits per heavy atom. The molecule has 0 aliphatic rings. The molecular formula is C19H15N3O3. The van der Waals surface area contributed by atoms with Gasteiger partial charge in [0.25, 0.3) is 0 Å². The summed E-state index contributed by atoms with van der Waals surface area (Å²) >= 11 is 0. The van der Waals surface area contributed by atoms with Crippen molar-refractivity contribution in [1.82, 2.24) is 0 Å². The first-order valence-electron chi connectivity index (χ1n) is 7.33. The third kappa shape index (κ3) is 5.12. The highest BCUT2D eigenvalue weighted by Crippen LogP contribution is 2.28. The van der Waals surface area contributed by atoms with E-state index >= 15 is 0 Å². The van der Waals surface area contributed by atoms with Crippen LogP contribution in [0.25, 0.3) is 6.08 Å². The topological polar surface area (TPSA) is 95.1 Å². The molecule has 0 heterocycles. The Balaban J connectivity index is 2.06. The van der Waals surface area contributed by atoms with E-state index < -0.39 is 0 Å². The fourth-order valence-corrected chi connectivity index (χ4v) is 2.04. The molecule has 0 atom stereocenters. The van der Waals surface area contributed by atoms with Crippen molar-refractivity contribution in [3.63, 3.8) is 0 Å². The van der Waals surface area contributed by atoms with Crippen molar-refractivity contribution in [2.45, 2.75) is 0 Å². The number of nitrogens with one attached hydrogen (secondary N) is 1. The zero-order valence-electron chi connectivity index (χ0n) is 13.5. The standard InChI is InChI=1S/C19H15N3O3/c1-24-18-12-14(5-7-17(18)25-10-9-20)6-8-19(23)22-16-4-2-3-15(11-16)13-21/h2-8,11-12H,10H2,1H3,(H,22,23). The van der Waals surface area contributed by atoms with Crippen LogP contribution in [0.1, 0.15) is 11.1 Å². The van der Waals surface area contributed by atoms with Crippen molar-refractivity contribution < 1.29 is 14.3 Å². The van der Waals surface area contributed by atoms with Gasteiger partial charge in [-0.3, -0.25) is 4.79 Å². The first kappa shape index (κ1) is 17.6. The quantitative estimate of drug-likeness (QED) is 0.820. The Labute approximate surface area is 145 Å². The third-order valence-corrected chi connectivity index (χ3v) is 3.17. The van der Waals surface area contributed by atoms with Crippen molar-refractivity contribution in [2.75, 3.05) is 19.0 Å². The summed E-state index contributed by atoms with van der Waals surface area (Å²) in [5.74, 6) is 0.609. The van der Waals surface area contributed by atoms with Gasteiger partial charge in [-0.25, -0.2) is 0 Å². The third-order valence-electron chi connectivity index (χ3n) is 3.17. The summed E-state index contributed by atoms with van der Waals surface area (Å²) in [5.41, 5.74) is 1.76. The van der Waals surface area contributed by atoms with Crippen molar-refractivity contribution in [2.24, 2.45) is 0 Å². The number of hydrogen-bond donors (Lipinski definition) is 1. The molecule has 1 N–H and O–H groups in total. The number of nitriles is 2. The maximum atomic E-state index is 12.0. The molecule has 0 spiro atoms. The summed E-state index contributed by atoms with van der Waals surface area (Å²) < 4.78 is 10.5.